The van der Waals surface area contributed by atoms with E-state index >= 15 is 0 Å². The molecule has 1 atom stereocenters. The highest BCUT2D eigenvalue weighted by molar-refractivity contribution is 7.89. The Labute approximate surface area is 154 Å². The van der Waals surface area contributed by atoms with Crippen molar-refractivity contribution in [3.05, 3.63) is 90.0 Å². The first kappa shape index (κ1) is 17.0. The Kier molecular flexibility index (Phi) is 4.17. The summed E-state index contributed by atoms with van der Waals surface area (Å²) in [6.45, 7) is 6.73. The van der Waals surface area contributed by atoms with Gasteiger partial charge in [-0.05, 0) is 41.0 Å². The molecule has 3 aromatic rings. The molecule has 0 radical (unpaired) electrons. The first-order chi connectivity index (χ1) is 12.5. The van der Waals surface area contributed by atoms with Crippen molar-refractivity contribution in [1.82, 2.24) is 4.31 Å². The zero-order chi connectivity index (χ0) is 18.3. The van der Waals surface area contributed by atoms with Crippen molar-refractivity contribution in [2.75, 3.05) is 6.54 Å². The van der Waals surface area contributed by atoms with Crippen LogP contribution < -0.4 is 0 Å². The summed E-state index contributed by atoms with van der Waals surface area (Å²) in [5, 5.41) is 2.36. The highest BCUT2D eigenvalue weighted by Gasteiger charge is 2.33. The molecular weight excluding hydrogens is 342 g/mol. The van der Waals surface area contributed by atoms with E-state index in [1.165, 1.54) is 16.3 Å². The van der Waals surface area contributed by atoms with E-state index in [2.05, 4.69) is 24.8 Å². The lowest BCUT2D eigenvalue weighted by molar-refractivity contribution is 0.376. The molecule has 1 unspecified atom stereocenters. The number of hydrogen-bond donors (Lipinski definition) is 0. The van der Waals surface area contributed by atoms with Crippen LogP contribution in [-0.2, 0) is 16.6 Å². The van der Waals surface area contributed by atoms with Crippen molar-refractivity contribution in [1.29, 1.82) is 0 Å². The maximum atomic E-state index is 13.1. The fraction of sp³-hybridized carbons (Fsp3) is 0.182. The molecule has 0 aliphatic carbocycles. The molecule has 0 aromatic heterocycles. The Morgan fingerprint density at radius 1 is 1.04 bits per heavy atom. The van der Waals surface area contributed by atoms with Crippen LogP contribution in [0.2, 0.25) is 0 Å². The van der Waals surface area contributed by atoms with Crippen molar-refractivity contribution in [2.24, 2.45) is 0 Å². The third-order valence-electron chi connectivity index (χ3n) is 5.12. The Morgan fingerprint density at radius 2 is 1.77 bits per heavy atom. The fourth-order valence-corrected chi connectivity index (χ4v) is 5.16. The molecule has 0 amide bonds. The topological polar surface area (TPSA) is 37.4 Å². The van der Waals surface area contributed by atoms with E-state index in [1.54, 1.807) is 16.4 Å². The van der Waals surface area contributed by atoms with Gasteiger partial charge in [-0.1, -0.05) is 60.2 Å². The minimum atomic E-state index is -3.53. The minimum Gasteiger partial charge on any atom is -0.207 e. The Hall–Kier alpha value is -2.43. The number of rotatable bonds is 3. The van der Waals surface area contributed by atoms with Crippen LogP contribution in [0.25, 0.3) is 10.8 Å². The van der Waals surface area contributed by atoms with Gasteiger partial charge in [0.25, 0.3) is 0 Å². The summed E-state index contributed by atoms with van der Waals surface area (Å²) < 4.78 is 27.8. The summed E-state index contributed by atoms with van der Waals surface area (Å²) >= 11 is 0. The van der Waals surface area contributed by atoms with Crippen molar-refractivity contribution >= 4 is 20.8 Å². The largest absolute Gasteiger partial charge is 0.243 e. The molecular formula is C22H21NO2S. The predicted molar refractivity (Wildman–Crippen MR) is 106 cm³/mol. The van der Waals surface area contributed by atoms with E-state index in [0.717, 1.165) is 11.1 Å². The van der Waals surface area contributed by atoms with Crippen LogP contribution in [0, 0.1) is 6.92 Å². The van der Waals surface area contributed by atoms with Crippen LogP contribution in [0.5, 0.6) is 0 Å². The van der Waals surface area contributed by atoms with Gasteiger partial charge in [-0.25, -0.2) is 8.42 Å². The molecule has 0 N–H and O–H groups in total. The van der Waals surface area contributed by atoms with Crippen LogP contribution in [-0.4, -0.2) is 19.3 Å². The number of sulfonamides is 1. The fourth-order valence-electron chi connectivity index (χ4n) is 3.72. The van der Waals surface area contributed by atoms with E-state index < -0.39 is 10.0 Å². The molecule has 3 nitrogen and oxygen atoms in total. The van der Waals surface area contributed by atoms with E-state index in [0.29, 0.717) is 18.0 Å². The van der Waals surface area contributed by atoms with Gasteiger partial charge in [0.1, 0.15) is 0 Å². The standard InChI is InChI=1S/C22H21NO2S/c1-3-17-14-23(26(24,25)20-12-8-16(2)9-13-20)15-19-11-10-18-6-4-5-7-21(18)22(17)19/h3-13,17H,1,14-15H2,2H3. The number of benzene rings is 3. The molecule has 1 heterocycles. The van der Waals surface area contributed by atoms with E-state index in [1.807, 2.05) is 43.3 Å². The second-order valence-corrected chi connectivity index (χ2v) is 8.75. The van der Waals surface area contributed by atoms with Crippen molar-refractivity contribution in [2.45, 2.75) is 24.3 Å². The molecule has 4 rings (SSSR count). The summed E-state index contributed by atoms with van der Waals surface area (Å²) in [5.41, 5.74) is 3.30. The Morgan fingerprint density at radius 3 is 2.50 bits per heavy atom. The van der Waals surface area contributed by atoms with Gasteiger partial charge in [0, 0.05) is 19.0 Å². The summed E-state index contributed by atoms with van der Waals surface area (Å²) in [4.78, 5) is 0.343. The maximum absolute atomic E-state index is 13.1. The molecule has 0 bridgehead atoms. The molecule has 1 aliphatic heterocycles. The van der Waals surface area contributed by atoms with Crippen LogP contribution >= 0.6 is 0 Å². The second-order valence-electron chi connectivity index (χ2n) is 6.81. The van der Waals surface area contributed by atoms with Gasteiger partial charge < -0.3 is 0 Å². The Balaban J connectivity index is 1.80. The molecule has 4 heteroatoms. The van der Waals surface area contributed by atoms with E-state index in [4.69, 9.17) is 0 Å². The average molecular weight is 363 g/mol. The molecule has 132 valence electrons. The van der Waals surface area contributed by atoms with E-state index in [-0.39, 0.29) is 5.92 Å². The number of fused-ring (bicyclic) bond motifs is 3. The first-order valence-corrected chi connectivity index (χ1v) is 10.1. The van der Waals surface area contributed by atoms with Crippen LogP contribution in [0.1, 0.15) is 22.6 Å². The summed E-state index contributed by atoms with van der Waals surface area (Å²) in [6, 6.07) is 19.4. The lowest BCUT2D eigenvalue weighted by Gasteiger charge is -2.33. The molecule has 26 heavy (non-hydrogen) atoms. The maximum Gasteiger partial charge on any atom is 0.243 e. The molecule has 1 aliphatic rings. The molecule has 3 aromatic carbocycles. The zero-order valence-corrected chi connectivity index (χ0v) is 15.5. The van der Waals surface area contributed by atoms with Gasteiger partial charge in [-0.15, -0.1) is 6.58 Å². The van der Waals surface area contributed by atoms with Crippen molar-refractivity contribution in [3.63, 3.8) is 0 Å². The van der Waals surface area contributed by atoms with Gasteiger partial charge in [-0.2, -0.15) is 4.31 Å². The number of aryl methyl sites for hydroxylation is 1. The highest BCUT2D eigenvalue weighted by Crippen LogP contribution is 2.37. The number of nitrogens with zero attached hydrogens (tertiary/aromatic N) is 1. The minimum absolute atomic E-state index is 0.0231. The Bertz CT molecular complexity index is 1080. The van der Waals surface area contributed by atoms with Gasteiger partial charge >= 0.3 is 0 Å². The van der Waals surface area contributed by atoms with Crippen LogP contribution in [0.3, 0.4) is 0 Å². The van der Waals surface area contributed by atoms with Crippen LogP contribution in [0.4, 0.5) is 0 Å². The van der Waals surface area contributed by atoms with Crippen molar-refractivity contribution < 1.29 is 8.42 Å². The molecule has 0 spiro atoms. The van der Waals surface area contributed by atoms with Gasteiger partial charge in [0.05, 0.1) is 4.90 Å². The quantitative estimate of drug-likeness (QED) is 0.637. The number of hydrogen-bond acceptors (Lipinski definition) is 2. The molecule has 0 fully saturated rings. The average Bonchev–Trinajstić information content (AvgIpc) is 2.67. The van der Waals surface area contributed by atoms with Gasteiger partial charge in [0.2, 0.25) is 10.0 Å². The molecule has 0 saturated carbocycles. The molecule has 0 saturated heterocycles. The van der Waals surface area contributed by atoms with Crippen molar-refractivity contribution in [3.8, 4) is 0 Å². The summed E-state index contributed by atoms with van der Waals surface area (Å²) in [6.07, 6.45) is 1.86. The highest BCUT2D eigenvalue weighted by atomic mass is 32.2. The summed E-state index contributed by atoms with van der Waals surface area (Å²) in [7, 11) is -3.53. The predicted octanol–water partition coefficient (Wildman–Crippen LogP) is 4.62. The summed E-state index contributed by atoms with van der Waals surface area (Å²) in [5.74, 6) is -0.0231. The third-order valence-corrected chi connectivity index (χ3v) is 6.95. The first-order valence-electron chi connectivity index (χ1n) is 8.70. The zero-order valence-electron chi connectivity index (χ0n) is 14.7. The lowest BCUT2D eigenvalue weighted by atomic mass is 9.86. The SMILES string of the molecule is C=CC1CN(S(=O)(=O)c2ccc(C)cc2)Cc2ccc3ccccc3c21. The normalized spacial score (nSPS) is 17.8. The lowest BCUT2D eigenvalue weighted by Crippen LogP contribution is -2.37. The van der Waals surface area contributed by atoms with Gasteiger partial charge in [-0.3, -0.25) is 0 Å². The van der Waals surface area contributed by atoms with Crippen LogP contribution in [0.15, 0.2) is 78.2 Å². The van der Waals surface area contributed by atoms with Gasteiger partial charge in [0.15, 0.2) is 0 Å². The smallest absolute Gasteiger partial charge is 0.207 e. The second kappa shape index (κ2) is 6.38. The monoisotopic (exact) mass is 363 g/mol. The third kappa shape index (κ3) is 2.75. The van der Waals surface area contributed by atoms with E-state index in [9.17, 15) is 8.42 Å².